The molecule has 0 bridgehead atoms. The summed E-state index contributed by atoms with van der Waals surface area (Å²) in [5.41, 5.74) is 4.99. The molecule has 2 aliphatic rings. The number of nitrogens with zero attached hydrogens (tertiary/aromatic N) is 4. The Morgan fingerprint density at radius 1 is 1.27 bits per heavy atom. The summed E-state index contributed by atoms with van der Waals surface area (Å²) in [6, 6.07) is 10.3. The molecule has 5 rings (SSSR count). The van der Waals surface area contributed by atoms with Crippen LogP contribution in [0.2, 0.25) is 0 Å². The lowest BCUT2D eigenvalue weighted by Gasteiger charge is -2.19. The number of hydroxylamine groups is 2. The zero-order chi connectivity index (χ0) is 27.4. The second kappa shape index (κ2) is 13.4. The number of carbonyl (C=O) groups excluding carboxylic acids is 1. The number of ether oxygens (including phenoxy) is 1. The topological polar surface area (TPSA) is 93.5 Å². The van der Waals surface area contributed by atoms with Gasteiger partial charge in [-0.2, -0.15) is 14.6 Å². The van der Waals surface area contributed by atoms with E-state index < -0.39 is 23.9 Å². The van der Waals surface area contributed by atoms with Crippen molar-refractivity contribution in [1.29, 1.82) is 0 Å². The summed E-state index contributed by atoms with van der Waals surface area (Å²) in [4.78, 5) is 23.0. The molecule has 3 aromatic rings. The minimum Gasteiger partial charge on any atom is -0.383 e. The van der Waals surface area contributed by atoms with Crippen molar-refractivity contribution >= 4 is 23.9 Å². The van der Waals surface area contributed by atoms with Crippen LogP contribution in [0.25, 0.3) is 11.3 Å². The molecule has 0 radical (unpaired) electrons. The van der Waals surface area contributed by atoms with Gasteiger partial charge in [0.05, 0.1) is 36.1 Å². The lowest BCUT2D eigenvalue weighted by atomic mass is 10.0. The van der Waals surface area contributed by atoms with Crippen molar-refractivity contribution in [2.45, 2.75) is 31.9 Å². The highest BCUT2D eigenvalue weighted by Gasteiger charge is 2.37. The molecule has 0 unspecified atom stereocenters. The van der Waals surface area contributed by atoms with Crippen LogP contribution in [0.3, 0.4) is 0 Å². The van der Waals surface area contributed by atoms with Crippen molar-refractivity contribution in [3.63, 3.8) is 0 Å². The zero-order valence-corrected chi connectivity index (χ0v) is 23.2. The first kappa shape index (κ1) is 29.8. The van der Waals surface area contributed by atoms with Crippen LogP contribution in [-0.4, -0.2) is 71.7 Å². The summed E-state index contributed by atoms with van der Waals surface area (Å²) >= 11 is 0. The maximum absolute atomic E-state index is 14.0. The number of methoxy groups -OCH3 is 1. The first-order valence-electron chi connectivity index (χ1n) is 13.0. The molecule has 12 heteroatoms. The van der Waals surface area contributed by atoms with Crippen molar-refractivity contribution in [1.82, 2.24) is 30.5 Å². The van der Waals surface area contributed by atoms with Crippen molar-refractivity contribution < 1.29 is 23.1 Å². The highest BCUT2D eigenvalue weighted by molar-refractivity contribution is 5.85. The van der Waals surface area contributed by atoms with Gasteiger partial charge in [-0.3, -0.25) is 9.63 Å². The van der Waals surface area contributed by atoms with E-state index in [2.05, 4.69) is 21.7 Å². The molecule has 1 aromatic carbocycles. The predicted molar refractivity (Wildman–Crippen MR) is 148 cm³/mol. The maximum Gasteiger partial charge on any atom is 0.248 e. The van der Waals surface area contributed by atoms with Crippen LogP contribution in [0, 0.1) is 18.7 Å². The number of para-hydroxylation sites is 1. The quantitative estimate of drug-likeness (QED) is 0.379. The second-order valence-corrected chi connectivity index (χ2v) is 9.65. The third-order valence-electron chi connectivity index (χ3n) is 7.01. The van der Waals surface area contributed by atoms with Gasteiger partial charge in [-0.05, 0) is 49.2 Å². The fourth-order valence-electron chi connectivity index (χ4n) is 5.01. The number of hydrogen-bond acceptors (Lipinski definition) is 7. The number of benzene rings is 1. The Morgan fingerprint density at radius 3 is 2.77 bits per heavy atom. The molecular weight excluding hydrogens is 542 g/mol. The van der Waals surface area contributed by atoms with Gasteiger partial charge in [0, 0.05) is 38.5 Å². The van der Waals surface area contributed by atoms with E-state index in [-0.39, 0.29) is 24.7 Å². The van der Waals surface area contributed by atoms with Gasteiger partial charge in [-0.25, -0.2) is 14.1 Å². The summed E-state index contributed by atoms with van der Waals surface area (Å²) in [7, 11) is 1.58. The largest absolute Gasteiger partial charge is 0.383 e. The maximum atomic E-state index is 14.0. The number of hydrogen-bond donors (Lipinski definition) is 2. The van der Waals surface area contributed by atoms with Crippen LogP contribution in [-0.2, 0) is 20.8 Å². The number of carbonyl (C=O) groups is 1. The van der Waals surface area contributed by atoms with E-state index in [1.165, 1.54) is 6.20 Å². The average molecular weight is 575 g/mol. The van der Waals surface area contributed by atoms with Gasteiger partial charge in [0.15, 0.2) is 5.82 Å². The van der Waals surface area contributed by atoms with Crippen molar-refractivity contribution in [2.75, 3.05) is 39.9 Å². The van der Waals surface area contributed by atoms with E-state index in [0.29, 0.717) is 25.3 Å². The molecule has 0 spiro atoms. The summed E-state index contributed by atoms with van der Waals surface area (Å²) in [5.74, 6) is -2.49. The van der Waals surface area contributed by atoms with E-state index in [4.69, 9.17) is 14.7 Å². The minimum atomic E-state index is -1.18. The van der Waals surface area contributed by atoms with Crippen LogP contribution in [0.4, 0.5) is 8.78 Å². The SMILES string of the molecule is COCCN1C[C@@H](NC(=O)Cc2c(C)c(C3=CCNCC3)nn2-c2ccccc2)[C@H](c2cnc(F)c(F)c2)O1.Cl. The Morgan fingerprint density at radius 2 is 2.08 bits per heavy atom. The smallest absolute Gasteiger partial charge is 0.248 e. The third kappa shape index (κ3) is 6.56. The number of halogens is 3. The van der Waals surface area contributed by atoms with Gasteiger partial charge < -0.3 is 15.4 Å². The van der Waals surface area contributed by atoms with Crippen molar-refractivity contribution in [3.05, 3.63) is 83.0 Å². The fourth-order valence-corrected chi connectivity index (χ4v) is 5.01. The van der Waals surface area contributed by atoms with Gasteiger partial charge in [0.2, 0.25) is 11.9 Å². The van der Waals surface area contributed by atoms with Crippen molar-refractivity contribution in [3.8, 4) is 5.69 Å². The summed E-state index contributed by atoms with van der Waals surface area (Å²) in [6.45, 7) is 4.86. The number of pyridine rings is 1. The summed E-state index contributed by atoms with van der Waals surface area (Å²) in [5, 5.41) is 13.0. The first-order chi connectivity index (χ1) is 18.9. The monoisotopic (exact) mass is 574 g/mol. The molecule has 1 amide bonds. The van der Waals surface area contributed by atoms with Gasteiger partial charge in [-0.1, -0.05) is 24.3 Å². The number of aromatic nitrogens is 3. The molecule has 214 valence electrons. The molecule has 0 aliphatic carbocycles. The normalized spacial score (nSPS) is 19.2. The highest BCUT2D eigenvalue weighted by Crippen LogP contribution is 2.31. The Bertz CT molecular complexity index is 1350. The highest BCUT2D eigenvalue weighted by atomic mass is 35.5. The number of nitrogens with one attached hydrogen (secondary N) is 2. The molecule has 2 atom stereocenters. The van der Waals surface area contributed by atoms with E-state index in [0.717, 1.165) is 53.8 Å². The Hall–Kier alpha value is -3.22. The molecule has 9 nitrogen and oxygen atoms in total. The molecule has 0 saturated carbocycles. The van der Waals surface area contributed by atoms with E-state index >= 15 is 0 Å². The Balaban J connectivity index is 0.00000370. The van der Waals surface area contributed by atoms with Crippen molar-refractivity contribution in [2.24, 2.45) is 0 Å². The molecule has 4 heterocycles. The summed E-state index contributed by atoms with van der Waals surface area (Å²) < 4.78 is 34.5. The third-order valence-corrected chi connectivity index (χ3v) is 7.01. The van der Waals surface area contributed by atoms with Crippen LogP contribution in [0.15, 0.2) is 48.7 Å². The second-order valence-electron chi connectivity index (χ2n) is 9.65. The molecule has 1 saturated heterocycles. The van der Waals surface area contributed by atoms with Crippen LogP contribution in [0.1, 0.15) is 35.0 Å². The number of rotatable bonds is 9. The molecular formula is C28H33ClF2N6O3. The van der Waals surface area contributed by atoms with Crippen LogP contribution < -0.4 is 10.6 Å². The Labute approximate surface area is 237 Å². The predicted octanol–water partition coefficient (Wildman–Crippen LogP) is 3.31. The Kier molecular flexibility index (Phi) is 9.99. The number of amides is 1. The lowest BCUT2D eigenvalue weighted by molar-refractivity contribution is -0.154. The molecule has 2 N–H and O–H groups in total. The first-order valence-corrected chi connectivity index (χ1v) is 13.0. The molecule has 2 aromatic heterocycles. The van der Waals surface area contributed by atoms with Crippen LogP contribution >= 0.6 is 12.4 Å². The molecule has 40 heavy (non-hydrogen) atoms. The molecule has 1 fully saturated rings. The average Bonchev–Trinajstić information content (AvgIpc) is 3.50. The van der Waals surface area contributed by atoms with Gasteiger partial charge >= 0.3 is 0 Å². The fraction of sp³-hybridized carbons (Fsp3) is 0.393. The standard InChI is InChI=1S/C28H32F2N6O3.ClH/c1-18-24(36(21-6-4-3-5-7-21)34-26(18)19-8-10-31-11-9-19)15-25(37)33-23-17-35(12-13-38-2)39-27(23)20-14-22(29)28(30)32-16-20;/h3-8,14,16,23,27,31H,9-13,15,17H2,1-2H3,(H,33,37);1H/t23-,27+;/m1./s1. The van der Waals surface area contributed by atoms with E-state index in [9.17, 15) is 13.6 Å². The van der Waals surface area contributed by atoms with E-state index in [1.807, 2.05) is 41.9 Å². The zero-order valence-electron chi connectivity index (χ0n) is 22.4. The lowest BCUT2D eigenvalue weighted by Crippen LogP contribution is -2.41. The van der Waals surface area contributed by atoms with Gasteiger partial charge in [-0.15, -0.1) is 12.4 Å². The van der Waals surface area contributed by atoms with Crippen LogP contribution in [0.5, 0.6) is 0 Å². The summed E-state index contributed by atoms with van der Waals surface area (Å²) in [6.07, 6.45) is 3.58. The van der Waals surface area contributed by atoms with Gasteiger partial charge in [0.25, 0.3) is 0 Å². The molecule has 2 aliphatic heterocycles. The minimum absolute atomic E-state index is 0. The van der Waals surface area contributed by atoms with E-state index in [1.54, 1.807) is 12.2 Å². The van der Waals surface area contributed by atoms with Gasteiger partial charge in [0.1, 0.15) is 6.10 Å².